The van der Waals surface area contributed by atoms with Gasteiger partial charge in [0.25, 0.3) is 0 Å². The monoisotopic (exact) mass is 432 g/mol. The summed E-state index contributed by atoms with van der Waals surface area (Å²) in [7, 11) is 0. The number of halogens is 1. The first kappa shape index (κ1) is 24.0. The van der Waals surface area contributed by atoms with E-state index >= 15 is 4.39 Å². The molecule has 2 aliphatic rings. The summed E-state index contributed by atoms with van der Waals surface area (Å²) in [6.45, 7) is 16.1. The highest BCUT2D eigenvalue weighted by molar-refractivity contribution is 5.88. The van der Waals surface area contributed by atoms with Gasteiger partial charge in [0.2, 0.25) is 0 Å². The van der Waals surface area contributed by atoms with Crippen LogP contribution in [0.15, 0.2) is 89.3 Å². The van der Waals surface area contributed by atoms with Crippen molar-refractivity contribution in [1.82, 2.24) is 0 Å². The Kier molecular flexibility index (Phi) is 7.44. The van der Waals surface area contributed by atoms with Gasteiger partial charge >= 0.3 is 0 Å². The predicted octanol–water partition coefficient (Wildman–Crippen LogP) is 8.91. The van der Waals surface area contributed by atoms with Crippen LogP contribution in [0, 0.1) is 12.8 Å². The molecule has 1 atom stereocenters. The Hall–Kier alpha value is -2.61. The number of benzene rings is 1. The number of rotatable bonds is 6. The standard InChI is InChI=1S/C30H37FO/c1-7-24(29(20(2)3)23(6)32)17-28-22(5)27(25-13-11-21(4)12-14-25)18-26(28)19-30(31)15-9-8-10-16-30/h7,11-14,17-18,26,32H,2,5,8-10,15-16,19H2,1,3-4,6H3/b24-7+,28-17+,29-23+. The summed E-state index contributed by atoms with van der Waals surface area (Å²) in [4.78, 5) is 0. The maximum absolute atomic E-state index is 15.8. The molecule has 2 aliphatic carbocycles. The maximum Gasteiger partial charge on any atom is 0.112 e. The highest BCUT2D eigenvalue weighted by atomic mass is 19.1. The second-order valence-electron chi connectivity index (χ2n) is 9.53. The van der Waals surface area contributed by atoms with Gasteiger partial charge in [0.15, 0.2) is 0 Å². The summed E-state index contributed by atoms with van der Waals surface area (Å²) in [6, 6.07) is 8.44. The van der Waals surface area contributed by atoms with E-state index in [9.17, 15) is 5.11 Å². The van der Waals surface area contributed by atoms with Crippen LogP contribution in [0.4, 0.5) is 4.39 Å². The van der Waals surface area contributed by atoms with Crippen LogP contribution in [-0.4, -0.2) is 10.8 Å². The lowest BCUT2D eigenvalue weighted by Gasteiger charge is -2.32. The average Bonchev–Trinajstić information content (AvgIpc) is 3.02. The van der Waals surface area contributed by atoms with Crippen LogP contribution in [0.2, 0.25) is 0 Å². The van der Waals surface area contributed by atoms with Gasteiger partial charge in [-0.25, -0.2) is 4.39 Å². The highest BCUT2D eigenvalue weighted by Gasteiger charge is 2.38. The second-order valence-corrected chi connectivity index (χ2v) is 9.53. The van der Waals surface area contributed by atoms with Gasteiger partial charge in [0.1, 0.15) is 5.67 Å². The zero-order valence-electron chi connectivity index (χ0n) is 20.1. The molecule has 0 spiro atoms. The number of hydrogen-bond donors (Lipinski definition) is 1. The van der Waals surface area contributed by atoms with Crippen molar-refractivity contribution in [2.45, 2.75) is 71.9 Å². The van der Waals surface area contributed by atoms with Crippen LogP contribution in [0.3, 0.4) is 0 Å². The lowest BCUT2D eigenvalue weighted by Crippen LogP contribution is -2.28. The molecule has 1 aromatic carbocycles. The van der Waals surface area contributed by atoms with Crippen LogP contribution in [-0.2, 0) is 0 Å². The fourth-order valence-corrected chi connectivity index (χ4v) is 5.15. The van der Waals surface area contributed by atoms with E-state index in [0.29, 0.717) is 19.3 Å². The molecule has 0 saturated heterocycles. The predicted molar refractivity (Wildman–Crippen MR) is 135 cm³/mol. The molecule has 2 heteroatoms. The Morgan fingerprint density at radius 2 is 1.78 bits per heavy atom. The van der Waals surface area contributed by atoms with Gasteiger partial charge in [-0.1, -0.05) is 80.5 Å². The van der Waals surface area contributed by atoms with Crippen molar-refractivity contribution in [3.63, 3.8) is 0 Å². The van der Waals surface area contributed by atoms with Crippen LogP contribution < -0.4 is 0 Å². The van der Waals surface area contributed by atoms with Crippen LogP contribution in [0.5, 0.6) is 0 Å². The van der Waals surface area contributed by atoms with Gasteiger partial charge in [-0.15, -0.1) is 0 Å². The minimum Gasteiger partial charge on any atom is -0.512 e. The Labute approximate surface area is 193 Å². The summed E-state index contributed by atoms with van der Waals surface area (Å²) in [5.74, 6) is 0.200. The van der Waals surface area contributed by atoms with Crippen molar-refractivity contribution in [3.8, 4) is 0 Å². The molecule has 0 bridgehead atoms. The molecule has 170 valence electrons. The van der Waals surface area contributed by atoms with E-state index in [1.807, 2.05) is 19.9 Å². The van der Waals surface area contributed by atoms with E-state index in [1.165, 1.54) is 5.56 Å². The number of aryl methyl sites for hydroxylation is 1. The minimum atomic E-state index is -1.13. The quantitative estimate of drug-likeness (QED) is 0.351. The van der Waals surface area contributed by atoms with Gasteiger partial charge in [0, 0.05) is 11.5 Å². The third-order valence-electron chi connectivity index (χ3n) is 6.84. The second kappa shape index (κ2) is 9.90. The van der Waals surface area contributed by atoms with Crippen molar-refractivity contribution >= 4 is 5.57 Å². The maximum atomic E-state index is 15.8. The normalized spacial score (nSPS) is 23.2. The smallest absolute Gasteiger partial charge is 0.112 e. The molecule has 0 amide bonds. The third kappa shape index (κ3) is 5.23. The molecule has 1 aromatic rings. The lowest BCUT2D eigenvalue weighted by atomic mass is 9.78. The largest absolute Gasteiger partial charge is 0.512 e. The molecule has 3 rings (SSSR count). The number of hydrogen-bond acceptors (Lipinski definition) is 1. The van der Waals surface area contributed by atoms with E-state index in [0.717, 1.165) is 58.3 Å². The Morgan fingerprint density at radius 1 is 1.16 bits per heavy atom. The van der Waals surface area contributed by atoms with Crippen LogP contribution >= 0.6 is 0 Å². The SMILES string of the molecule is C=C1C(c2ccc(C)cc2)=CC(CC2(F)CCCCC2)/C1=C/C(=C\C)C(/C(=C)C)=C(\C)O. The number of allylic oxidation sites excluding steroid dienone is 10. The lowest BCUT2D eigenvalue weighted by molar-refractivity contribution is 0.0882. The van der Waals surface area contributed by atoms with Gasteiger partial charge < -0.3 is 5.11 Å². The van der Waals surface area contributed by atoms with Crippen molar-refractivity contribution < 1.29 is 9.50 Å². The topological polar surface area (TPSA) is 20.2 Å². The fourth-order valence-electron chi connectivity index (χ4n) is 5.15. The van der Waals surface area contributed by atoms with Crippen molar-refractivity contribution in [2.75, 3.05) is 0 Å². The molecule has 0 aromatic heterocycles. The number of aliphatic hydroxyl groups is 1. The molecule has 0 heterocycles. The first-order valence-corrected chi connectivity index (χ1v) is 11.8. The summed E-state index contributed by atoms with van der Waals surface area (Å²) in [6.07, 6.45) is 11.1. The van der Waals surface area contributed by atoms with E-state index in [4.69, 9.17) is 0 Å². The summed E-state index contributed by atoms with van der Waals surface area (Å²) in [5, 5.41) is 10.3. The molecular weight excluding hydrogens is 395 g/mol. The minimum absolute atomic E-state index is 0.0396. The molecule has 1 nitrogen and oxygen atoms in total. The average molecular weight is 433 g/mol. The Bertz CT molecular complexity index is 1000. The number of aliphatic hydroxyl groups excluding tert-OH is 1. The van der Waals surface area contributed by atoms with Crippen molar-refractivity contribution in [1.29, 1.82) is 0 Å². The number of alkyl halides is 1. The van der Waals surface area contributed by atoms with E-state index in [-0.39, 0.29) is 11.7 Å². The van der Waals surface area contributed by atoms with Gasteiger partial charge in [-0.2, -0.15) is 0 Å². The first-order chi connectivity index (χ1) is 15.1. The van der Waals surface area contributed by atoms with Crippen molar-refractivity contribution in [2.24, 2.45) is 5.92 Å². The zero-order valence-corrected chi connectivity index (χ0v) is 20.1. The van der Waals surface area contributed by atoms with E-state index in [1.54, 1.807) is 6.92 Å². The molecule has 1 unspecified atom stereocenters. The molecule has 0 aliphatic heterocycles. The molecule has 32 heavy (non-hydrogen) atoms. The van der Waals surface area contributed by atoms with Gasteiger partial charge in [-0.05, 0) is 80.4 Å². The van der Waals surface area contributed by atoms with Crippen LogP contribution in [0.25, 0.3) is 5.57 Å². The van der Waals surface area contributed by atoms with Crippen LogP contribution in [0.1, 0.15) is 70.4 Å². The summed E-state index contributed by atoms with van der Waals surface area (Å²) >= 11 is 0. The van der Waals surface area contributed by atoms with E-state index < -0.39 is 5.67 Å². The third-order valence-corrected chi connectivity index (χ3v) is 6.84. The summed E-state index contributed by atoms with van der Waals surface area (Å²) < 4.78 is 15.8. The molecule has 1 saturated carbocycles. The molecule has 1 N–H and O–H groups in total. The molecule has 0 radical (unpaired) electrons. The van der Waals surface area contributed by atoms with Crippen molar-refractivity contribution in [3.05, 3.63) is 100 Å². The summed E-state index contributed by atoms with van der Waals surface area (Å²) in [5.41, 5.74) is 6.69. The Balaban J connectivity index is 2.06. The van der Waals surface area contributed by atoms with Gasteiger partial charge in [-0.3, -0.25) is 0 Å². The fraction of sp³-hybridized carbons (Fsp3) is 0.400. The van der Waals surface area contributed by atoms with Gasteiger partial charge in [0.05, 0.1) is 5.76 Å². The highest BCUT2D eigenvalue weighted by Crippen LogP contribution is 2.47. The first-order valence-electron chi connectivity index (χ1n) is 11.8. The molecule has 1 fully saturated rings. The Morgan fingerprint density at radius 3 is 2.31 bits per heavy atom. The van der Waals surface area contributed by atoms with E-state index in [2.05, 4.69) is 56.5 Å². The molecular formula is C30H37FO. The zero-order chi connectivity index (χ0) is 23.5.